The summed E-state index contributed by atoms with van der Waals surface area (Å²) in [5.74, 6) is -0.180. The Morgan fingerprint density at radius 1 is 0.379 bits per heavy atom. The van der Waals surface area contributed by atoms with E-state index in [0.717, 1.165) is 110 Å². The molecule has 0 rings (SSSR count). The standard InChI is InChI=1S/C50H98N2O6/c1-6-9-12-15-18-19-20-26-34-45-56-48(53)38-31-27-33-43-52(44-46-57-49(54)40-35-41-51(4)5)42-32-25-21-24-30-39-50(55)58-47(36-28-22-16-13-10-7-2)37-29-23-17-14-11-8-3/h47H,6-46H2,1-5H3. The molecule has 0 unspecified atom stereocenters. The van der Waals surface area contributed by atoms with Gasteiger partial charge < -0.3 is 19.1 Å². The summed E-state index contributed by atoms with van der Waals surface area (Å²) in [4.78, 5) is 41.9. The molecule has 8 nitrogen and oxygen atoms in total. The highest BCUT2D eigenvalue weighted by molar-refractivity contribution is 5.70. The van der Waals surface area contributed by atoms with E-state index in [2.05, 4.69) is 30.6 Å². The first kappa shape index (κ1) is 56.3. The number of ether oxygens (including phenoxy) is 3. The fraction of sp³-hybridized carbons (Fsp3) is 0.940. The molecule has 0 amide bonds. The lowest BCUT2D eigenvalue weighted by atomic mass is 10.0. The number of hydrogen-bond acceptors (Lipinski definition) is 8. The van der Waals surface area contributed by atoms with Crippen LogP contribution in [0.15, 0.2) is 0 Å². The van der Waals surface area contributed by atoms with Gasteiger partial charge in [-0.25, -0.2) is 0 Å². The predicted octanol–water partition coefficient (Wildman–Crippen LogP) is 13.6. The van der Waals surface area contributed by atoms with Crippen molar-refractivity contribution >= 4 is 17.9 Å². The molecule has 0 N–H and O–H groups in total. The first-order chi connectivity index (χ1) is 28.3. The minimum Gasteiger partial charge on any atom is -0.466 e. The summed E-state index contributed by atoms with van der Waals surface area (Å²) in [5.41, 5.74) is 0. The van der Waals surface area contributed by atoms with E-state index in [9.17, 15) is 14.4 Å². The number of nitrogens with zero attached hydrogens (tertiary/aromatic N) is 2. The van der Waals surface area contributed by atoms with E-state index in [0.29, 0.717) is 32.5 Å². The molecule has 0 aromatic rings. The van der Waals surface area contributed by atoms with Gasteiger partial charge in [0.25, 0.3) is 0 Å². The average Bonchev–Trinajstić information content (AvgIpc) is 3.20. The van der Waals surface area contributed by atoms with Crippen molar-refractivity contribution < 1.29 is 28.6 Å². The van der Waals surface area contributed by atoms with Crippen LogP contribution >= 0.6 is 0 Å². The molecule has 0 aliphatic carbocycles. The van der Waals surface area contributed by atoms with Gasteiger partial charge >= 0.3 is 17.9 Å². The smallest absolute Gasteiger partial charge is 0.306 e. The van der Waals surface area contributed by atoms with Crippen molar-refractivity contribution in [3.63, 3.8) is 0 Å². The van der Waals surface area contributed by atoms with Crippen molar-refractivity contribution in [1.29, 1.82) is 0 Å². The van der Waals surface area contributed by atoms with Gasteiger partial charge in [-0.3, -0.25) is 19.3 Å². The average molecular weight is 823 g/mol. The third-order valence-electron chi connectivity index (χ3n) is 11.4. The van der Waals surface area contributed by atoms with E-state index in [4.69, 9.17) is 14.2 Å². The van der Waals surface area contributed by atoms with Gasteiger partial charge in [-0.1, -0.05) is 162 Å². The van der Waals surface area contributed by atoms with Crippen molar-refractivity contribution in [2.45, 2.75) is 252 Å². The Labute approximate surface area is 360 Å². The minimum absolute atomic E-state index is 0.00327. The Kier molecular flexibility index (Phi) is 43.6. The van der Waals surface area contributed by atoms with Crippen molar-refractivity contribution in [3.05, 3.63) is 0 Å². The number of carbonyl (C=O) groups excluding carboxylic acids is 3. The van der Waals surface area contributed by atoms with E-state index in [1.807, 2.05) is 14.1 Å². The number of carbonyl (C=O) groups is 3. The van der Waals surface area contributed by atoms with E-state index in [-0.39, 0.29) is 24.0 Å². The molecule has 344 valence electrons. The van der Waals surface area contributed by atoms with E-state index in [1.54, 1.807) is 0 Å². The van der Waals surface area contributed by atoms with Crippen LogP contribution in [-0.4, -0.2) is 87.3 Å². The van der Waals surface area contributed by atoms with Crippen LogP contribution in [0, 0.1) is 0 Å². The van der Waals surface area contributed by atoms with E-state index < -0.39 is 0 Å². The van der Waals surface area contributed by atoms with Crippen LogP contribution in [0.5, 0.6) is 0 Å². The van der Waals surface area contributed by atoms with Gasteiger partial charge in [0.2, 0.25) is 0 Å². The zero-order valence-corrected chi connectivity index (χ0v) is 39.4. The highest BCUT2D eigenvalue weighted by Crippen LogP contribution is 2.19. The van der Waals surface area contributed by atoms with Gasteiger partial charge in [-0.05, 0) is 97.9 Å². The summed E-state index contributed by atoms with van der Waals surface area (Å²) < 4.78 is 17.1. The van der Waals surface area contributed by atoms with Crippen molar-refractivity contribution in [3.8, 4) is 0 Å². The molecular formula is C50H98N2O6. The molecule has 0 saturated heterocycles. The molecule has 0 aromatic carbocycles. The summed E-state index contributed by atoms with van der Waals surface area (Å²) in [6, 6.07) is 0. The second-order valence-electron chi connectivity index (χ2n) is 17.6. The van der Waals surface area contributed by atoms with Crippen LogP contribution in [0.25, 0.3) is 0 Å². The molecular weight excluding hydrogens is 725 g/mol. The molecule has 8 heteroatoms. The molecule has 0 radical (unpaired) electrons. The number of rotatable bonds is 46. The number of hydrogen-bond donors (Lipinski definition) is 0. The van der Waals surface area contributed by atoms with Crippen LogP contribution in [0.2, 0.25) is 0 Å². The Bertz CT molecular complexity index is 883. The van der Waals surface area contributed by atoms with Crippen molar-refractivity contribution in [1.82, 2.24) is 9.80 Å². The molecule has 0 aliphatic heterocycles. The molecule has 0 aromatic heterocycles. The third kappa shape index (κ3) is 42.5. The van der Waals surface area contributed by atoms with Crippen LogP contribution in [-0.2, 0) is 28.6 Å². The van der Waals surface area contributed by atoms with Crippen LogP contribution in [0.4, 0.5) is 0 Å². The van der Waals surface area contributed by atoms with Gasteiger partial charge in [0.15, 0.2) is 0 Å². The maximum Gasteiger partial charge on any atom is 0.306 e. The summed E-state index contributed by atoms with van der Waals surface area (Å²) in [7, 11) is 4.04. The Morgan fingerprint density at radius 3 is 1.26 bits per heavy atom. The number of esters is 3. The molecule has 0 fully saturated rings. The molecule has 0 saturated carbocycles. The van der Waals surface area contributed by atoms with Crippen LogP contribution in [0.3, 0.4) is 0 Å². The molecule has 0 bridgehead atoms. The molecule has 0 heterocycles. The lowest BCUT2D eigenvalue weighted by Crippen LogP contribution is -2.30. The van der Waals surface area contributed by atoms with Gasteiger partial charge in [0, 0.05) is 25.8 Å². The SMILES string of the molecule is CCCCCCCCCCCOC(=O)CCCCCN(CCCCCCCC(=O)OC(CCCCCCCC)CCCCCCCC)CCOC(=O)CCCN(C)C. The molecule has 0 atom stereocenters. The molecule has 0 aliphatic rings. The van der Waals surface area contributed by atoms with E-state index in [1.165, 1.54) is 122 Å². The van der Waals surface area contributed by atoms with E-state index >= 15 is 0 Å². The van der Waals surface area contributed by atoms with Crippen LogP contribution in [0.1, 0.15) is 245 Å². The van der Waals surface area contributed by atoms with Gasteiger partial charge in [0.05, 0.1) is 6.61 Å². The quantitative estimate of drug-likeness (QED) is 0.0341. The lowest BCUT2D eigenvalue weighted by Gasteiger charge is -2.22. The summed E-state index contributed by atoms with van der Waals surface area (Å²) in [6.45, 7) is 11.3. The largest absolute Gasteiger partial charge is 0.466 e. The zero-order valence-electron chi connectivity index (χ0n) is 39.4. The Morgan fingerprint density at radius 2 is 0.759 bits per heavy atom. The summed E-state index contributed by atoms with van der Waals surface area (Å²) in [6.07, 6.45) is 39.2. The minimum atomic E-state index is -0.114. The molecule has 58 heavy (non-hydrogen) atoms. The second kappa shape index (κ2) is 44.9. The predicted molar refractivity (Wildman–Crippen MR) is 245 cm³/mol. The summed E-state index contributed by atoms with van der Waals surface area (Å²) in [5, 5.41) is 0. The Hall–Kier alpha value is -1.67. The van der Waals surface area contributed by atoms with Gasteiger partial charge in [0.1, 0.15) is 12.7 Å². The highest BCUT2D eigenvalue weighted by Gasteiger charge is 2.15. The van der Waals surface area contributed by atoms with Crippen LogP contribution < -0.4 is 0 Å². The Balaban J connectivity index is 4.46. The van der Waals surface area contributed by atoms with Crippen molar-refractivity contribution in [2.24, 2.45) is 0 Å². The van der Waals surface area contributed by atoms with Gasteiger partial charge in [-0.15, -0.1) is 0 Å². The lowest BCUT2D eigenvalue weighted by molar-refractivity contribution is -0.150. The second-order valence-corrected chi connectivity index (χ2v) is 17.6. The summed E-state index contributed by atoms with van der Waals surface area (Å²) >= 11 is 0. The fourth-order valence-corrected chi connectivity index (χ4v) is 7.63. The monoisotopic (exact) mass is 823 g/mol. The first-order valence-corrected chi connectivity index (χ1v) is 25.2. The highest BCUT2D eigenvalue weighted by atomic mass is 16.5. The topological polar surface area (TPSA) is 85.4 Å². The van der Waals surface area contributed by atoms with Crippen molar-refractivity contribution in [2.75, 3.05) is 53.5 Å². The zero-order chi connectivity index (χ0) is 42.6. The first-order valence-electron chi connectivity index (χ1n) is 25.2. The maximum absolute atomic E-state index is 12.8. The third-order valence-corrected chi connectivity index (χ3v) is 11.4. The fourth-order valence-electron chi connectivity index (χ4n) is 7.63. The number of unbranched alkanes of at least 4 members (excludes halogenated alkanes) is 24. The maximum atomic E-state index is 12.8. The normalized spacial score (nSPS) is 11.6. The molecule has 0 spiro atoms. The van der Waals surface area contributed by atoms with Gasteiger partial charge in [-0.2, -0.15) is 0 Å².